The van der Waals surface area contributed by atoms with Crippen molar-refractivity contribution in [1.29, 1.82) is 0 Å². The minimum Gasteiger partial charge on any atom is -0.293 e. The first-order valence-corrected chi connectivity index (χ1v) is 27.1. The van der Waals surface area contributed by atoms with Crippen LogP contribution in [0.1, 0.15) is 95.6 Å². The van der Waals surface area contributed by atoms with Crippen molar-refractivity contribution < 1.29 is 0 Å². The Hall–Kier alpha value is -7.08. The van der Waals surface area contributed by atoms with Gasteiger partial charge in [0.05, 0.1) is 11.4 Å². The van der Waals surface area contributed by atoms with Gasteiger partial charge in [-0.15, -0.1) is 0 Å². The minimum atomic E-state index is 0.259. The quantitative estimate of drug-likeness (QED) is 0.0700. The lowest BCUT2D eigenvalue weighted by atomic mass is 10.1. The van der Waals surface area contributed by atoms with Gasteiger partial charge < -0.3 is 0 Å². The summed E-state index contributed by atoms with van der Waals surface area (Å²) in [6.07, 6.45) is 11.9. The van der Waals surface area contributed by atoms with E-state index in [1.807, 2.05) is 137 Å². The molecule has 0 aromatic heterocycles. The van der Waals surface area contributed by atoms with Crippen molar-refractivity contribution in [1.82, 2.24) is 60.1 Å². The fourth-order valence-corrected chi connectivity index (χ4v) is 8.51. The number of hydrogen-bond acceptors (Lipinski definition) is 12. The summed E-state index contributed by atoms with van der Waals surface area (Å²) in [4.78, 5) is 0. The lowest BCUT2D eigenvalue weighted by Gasteiger charge is -2.40. The smallest absolute Gasteiger partial charge is 0.0571 e. The summed E-state index contributed by atoms with van der Waals surface area (Å²) in [5, 5.41) is 24.8. The summed E-state index contributed by atoms with van der Waals surface area (Å²) in [6.45, 7) is 55.4. The van der Waals surface area contributed by atoms with E-state index in [-0.39, 0.29) is 10.8 Å². The summed E-state index contributed by atoms with van der Waals surface area (Å²) in [6, 6.07) is 20.2. The van der Waals surface area contributed by atoms with Gasteiger partial charge in [0.1, 0.15) is 0 Å². The van der Waals surface area contributed by atoms with E-state index in [0.717, 1.165) is 74.5 Å². The van der Waals surface area contributed by atoms with Gasteiger partial charge in [0.25, 0.3) is 0 Å². The molecule has 420 valence electrons. The van der Waals surface area contributed by atoms with Gasteiger partial charge in [-0.3, -0.25) is 60.1 Å². The van der Waals surface area contributed by atoms with Gasteiger partial charge in [-0.1, -0.05) is 153 Å². The van der Waals surface area contributed by atoms with Gasteiger partial charge in [-0.25, -0.2) is 0 Å². The molecule has 6 rings (SSSR count). The predicted octanol–water partition coefficient (Wildman–Crippen LogP) is 13.7. The van der Waals surface area contributed by atoms with Gasteiger partial charge in [-0.2, -0.15) is 0 Å². The molecule has 77 heavy (non-hydrogen) atoms. The Balaban J connectivity index is 0.000000251. The minimum absolute atomic E-state index is 0.259. The van der Waals surface area contributed by atoms with Gasteiger partial charge in [0.2, 0.25) is 0 Å². The van der Waals surface area contributed by atoms with Crippen molar-refractivity contribution in [3.8, 4) is 0 Å². The second-order valence-electron chi connectivity index (χ2n) is 22.4. The van der Waals surface area contributed by atoms with E-state index in [2.05, 4.69) is 161 Å². The van der Waals surface area contributed by atoms with Crippen LogP contribution in [0.4, 0.5) is 0 Å². The van der Waals surface area contributed by atoms with Crippen LogP contribution in [0.3, 0.4) is 0 Å². The molecule has 12 heteroatoms. The first-order chi connectivity index (χ1) is 35.9. The number of nitrogens with zero attached hydrogens (tertiary/aromatic N) is 12. The zero-order chi connectivity index (χ0) is 58.0. The Morgan fingerprint density at radius 1 is 0.338 bits per heavy atom. The van der Waals surface area contributed by atoms with Crippen LogP contribution < -0.4 is 0 Å². The third kappa shape index (κ3) is 16.5. The number of rotatable bonds is 30. The Morgan fingerprint density at radius 3 is 0.779 bits per heavy atom. The van der Waals surface area contributed by atoms with Crippen molar-refractivity contribution in [2.45, 2.75) is 84.5 Å². The van der Waals surface area contributed by atoms with Gasteiger partial charge >= 0.3 is 0 Å². The fraction of sp³-hybridized carbons (Fsp3) is 0.446. The molecule has 0 N–H and O–H groups in total. The summed E-state index contributed by atoms with van der Waals surface area (Å²) in [5.74, 6) is 1.29. The average Bonchev–Trinajstić information content (AvgIpc) is 4.18. The van der Waals surface area contributed by atoms with Crippen molar-refractivity contribution in [2.24, 2.45) is 22.7 Å². The third-order valence-corrected chi connectivity index (χ3v) is 16.8. The van der Waals surface area contributed by atoms with Crippen molar-refractivity contribution >= 4 is 11.4 Å². The molecule has 0 aliphatic heterocycles. The highest BCUT2D eigenvalue weighted by Gasteiger charge is 2.44. The van der Waals surface area contributed by atoms with Gasteiger partial charge in [0.15, 0.2) is 0 Å². The number of hydrazine groups is 6. The maximum absolute atomic E-state index is 4.28. The zero-order valence-corrected chi connectivity index (χ0v) is 50.6. The molecule has 4 aliphatic carbocycles. The van der Waals surface area contributed by atoms with Crippen LogP contribution in [0.2, 0.25) is 0 Å². The van der Waals surface area contributed by atoms with E-state index >= 15 is 0 Å². The van der Waals surface area contributed by atoms with Crippen LogP contribution in [0.25, 0.3) is 11.4 Å². The molecule has 4 saturated carbocycles. The third-order valence-electron chi connectivity index (χ3n) is 16.8. The number of benzene rings is 2. The highest BCUT2D eigenvalue weighted by atomic mass is 15.6. The molecule has 0 radical (unpaired) electrons. The van der Waals surface area contributed by atoms with E-state index < -0.39 is 0 Å². The van der Waals surface area contributed by atoms with E-state index in [1.165, 1.54) is 62.8 Å². The summed E-state index contributed by atoms with van der Waals surface area (Å²) in [5.41, 5.74) is 15.0. The van der Waals surface area contributed by atoms with Crippen LogP contribution >= 0.6 is 0 Å². The molecule has 12 nitrogen and oxygen atoms in total. The Morgan fingerprint density at radius 2 is 0.558 bits per heavy atom. The summed E-state index contributed by atoms with van der Waals surface area (Å²) in [7, 11) is 24.3. The second-order valence-corrected chi connectivity index (χ2v) is 22.4. The molecule has 0 heterocycles. The Bertz CT molecular complexity index is 2350. The monoisotopic (exact) mass is 1050 g/mol. The standard InChI is InChI=1S/C25H32N4.C21H36N4.C19H32N4/c1-20(26(5)28(7)22(3)24-15-11-9-12-16-24)19-21(2)27(6)29(8)23(4)25-17-13-10-14-18-25;1-16(22(7)24(9)18(3)20(5)11-12-20)15-17(2)23(8)25(10)19(4)21(6)13-14-21;1-14(20(5)22(7)16(3)18-9-10-18)13-15(2)21(6)23(8)17(4)19-11-12-19/h9-18H,1-4,19H2,5-8H3;1-4,11-15H2,5-10H3;18-19H,1-4,9-13H2,5-8H3. The molecule has 4 aliphatic rings. The highest BCUT2D eigenvalue weighted by molar-refractivity contribution is 5.62. The van der Waals surface area contributed by atoms with Crippen molar-refractivity contribution in [2.75, 3.05) is 84.6 Å². The summed E-state index contributed by atoms with van der Waals surface area (Å²) < 4.78 is 0. The molecular formula is C65H100N12. The number of hydrogen-bond donors (Lipinski definition) is 0. The maximum atomic E-state index is 4.28. The topological polar surface area (TPSA) is 38.9 Å². The van der Waals surface area contributed by atoms with Gasteiger partial charge in [-0.05, 0) is 62.5 Å². The van der Waals surface area contributed by atoms with Crippen molar-refractivity contribution in [3.63, 3.8) is 0 Å². The molecule has 0 atom stereocenters. The molecule has 4 fully saturated rings. The molecule has 0 spiro atoms. The molecule has 0 bridgehead atoms. The summed E-state index contributed by atoms with van der Waals surface area (Å²) >= 11 is 0. The lowest BCUT2D eigenvalue weighted by molar-refractivity contribution is 0.0708. The van der Waals surface area contributed by atoms with Crippen LogP contribution in [0.5, 0.6) is 0 Å². The van der Waals surface area contributed by atoms with E-state index in [4.69, 9.17) is 0 Å². The molecule has 0 saturated heterocycles. The predicted molar refractivity (Wildman–Crippen MR) is 329 cm³/mol. The second kappa shape index (κ2) is 26.3. The largest absolute Gasteiger partial charge is 0.293 e. The normalized spacial score (nSPS) is 14.8. The molecule has 2 aromatic rings. The average molecular weight is 1050 g/mol. The van der Waals surface area contributed by atoms with Crippen LogP contribution in [-0.2, 0) is 0 Å². The first-order valence-electron chi connectivity index (χ1n) is 27.1. The fourth-order valence-electron chi connectivity index (χ4n) is 8.51. The first kappa shape index (κ1) is 62.5. The Kier molecular flexibility index (Phi) is 21.3. The van der Waals surface area contributed by atoms with Gasteiger partial charge in [0, 0.05) is 183 Å². The van der Waals surface area contributed by atoms with E-state index in [1.54, 1.807) is 0 Å². The SMILES string of the molecule is C=C(CC(=C)N(C)N(C)C(=C)C1(C)CC1)N(C)N(C)C(=C)C1(C)CC1.C=C(CC(=C)N(C)N(C)C(=C)C1CC1)N(C)N(C)C(=C)C1CC1.C=C(CC(=C)N(C)N(C)C(=C)c1ccccc1)N(C)N(C)C(=C)c1ccccc1. The molecule has 0 amide bonds. The van der Waals surface area contributed by atoms with Crippen LogP contribution in [-0.4, -0.2) is 145 Å². The Labute approximate surface area is 468 Å². The zero-order valence-electron chi connectivity index (χ0n) is 50.6. The lowest BCUT2D eigenvalue weighted by Crippen LogP contribution is -2.39. The van der Waals surface area contributed by atoms with E-state index in [0.29, 0.717) is 24.7 Å². The van der Waals surface area contributed by atoms with E-state index in [9.17, 15) is 0 Å². The highest BCUT2D eigenvalue weighted by Crippen LogP contribution is 2.53. The molecule has 2 aromatic carbocycles. The van der Waals surface area contributed by atoms with Crippen molar-refractivity contribution in [3.05, 3.63) is 208 Å². The molecule has 0 unspecified atom stereocenters. The molecular weight excluding hydrogens is 949 g/mol. The van der Waals surface area contributed by atoms with Crippen LogP contribution in [0, 0.1) is 22.7 Å². The number of allylic oxidation sites excluding steroid dienone is 4. The maximum Gasteiger partial charge on any atom is 0.0571 e. The van der Waals surface area contributed by atoms with Crippen LogP contribution in [0.15, 0.2) is 197 Å².